The number of benzene rings is 1. The van der Waals surface area contributed by atoms with Gasteiger partial charge in [-0.3, -0.25) is 4.79 Å². The van der Waals surface area contributed by atoms with Gasteiger partial charge in [-0.1, -0.05) is 26.0 Å². The minimum absolute atomic E-state index is 0.219. The normalized spacial score (nSPS) is 11.0. The quantitative estimate of drug-likeness (QED) is 0.655. The van der Waals surface area contributed by atoms with Crippen molar-refractivity contribution in [1.82, 2.24) is 5.43 Å². The first kappa shape index (κ1) is 14.8. The molecule has 0 radical (unpaired) electrons. The molecule has 0 saturated carbocycles. The van der Waals surface area contributed by atoms with E-state index in [1.54, 1.807) is 18.3 Å². The molecule has 0 aliphatic carbocycles. The topological polar surface area (TPSA) is 63.8 Å². The van der Waals surface area contributed by atoms with Crippen molar-refractivity contribution in [3.63, 3.8) is 0 Å². The van der Waals surface area contributed by atoms with Crippen LogP contribution in [0.25, 0.3) is 0 Å². The Balaban J connectivity index is 1.98. The summed E-state index contributed by atoms with van der Waals surface area (Å²) < 4.78 is 10.7. The fourth-order valence-electron chi connectivity index (χ4n) is 1.60. The highest BCUT2D eigenvalue weighted by Gasteiger charge is 2.06. The average Bonchev–Trinajstić information content (AvgIpc) is 3.00. The molecule has 1 N–H and O–H groups in total. The maximum Gasteiger partial charge on any atom is 0.307 e. The fraction of sp³-hybridized carbons (Fsp3) is 0.250. The van der Waals surface area contributed by atoms with E-state index < -0.39 is 5.91 Å². The minimum Gasteiger partial charge on any atom is -0.493 e. The van der Waals surface area contributed by atoms with Crippen LogP contribution in [0.1, 0.15) is 30.0 Å². The molecular formula is C16H18N2O3. The first-order valence-electron chi connectivity index (χ1n) is 6.75. The molecule has 0 aliphatic heterocycles. The van der Waals surface area contributed by atoms with E-state index in [-0.39, 0.29) is 5.76 Å². The van der Waals surface area contributed by atoms with Crippen molar-refractivity contribution in [1.29, 1.82) is 0 Å². The van der Waals surface area contributed by atoms with Crippen LogP contribution in [0.4, 0.5) is 0 Å². The first-order chi connectivity index (χ1) is 10.2. The standard InChI is InChI=1S/C16H18N2O3/c1-12(2)11-21-14-7-4-3-6-13(14)10-17-18-16(19)15-8-5-9-20-15/h3-10,12H,11H2,1-2H3,(H,18,19)/b17-10+. The summed E-state index contributed by atoms with van der Waals surface area (Å²) >= 11 is 0. The summed E-state index contributed by atoms with van der Waals surface area (Å²) in [4.78, 5) is 11.6. The Morgan fingerprint density at radius 3 is 2.86 bits per heavy atom. The Labute approximate surface area is 123 Å². The highest BCUT2D eigenvalue weighted by molar-refractivity contribution is 5.92. The highest BCUT2D eigenvalue weighted by Crippen LogP contribution is 2.16. The van der Waals surface area contributed by atoms with Gasteiger partial charge in [0.1, 0.15) is 5.75 Å². The van der Waals surface area contributed by atoms with Crippen LogP contribution in [-0.2, 0) is 0 Å². The maximum absolute atomic E-state index is 11.6. The fourth-order valence-corrected chi connectivity index (χ4v) is 1.60. The molecule has 0 spiro atoms. The molecule has 2 aromatic rings. The predicted molar refractivity (Wildman–Crippen MR) is 80.5 cm³/mol. The summed E-state index contributed by atoms with van der Waals surface area (Å²) in [5, 5.41) is 3.92. The molecule has 0 saturated heterocycles. The van der Waals surface area contributed by atoms with Gasteiger partial charge in [-0.25, -0.2) is 5.43 Å². The van der Waals surface area contributed by atoms with Crippen molar-refractivity contribution in [2.45, 2.75) is 13.8 Å². The zero-order chi connectivity index (χ0) is 15.1. The van der Waals surface area contributed by atoms with Gasteiger partial charge < -0.3 is 9.15 Å². The molecular weight excluding hydrogens is 268 g/mol. The second-order valence-electron chi connectivity index (χ2n) is 4.92. The molecule has 0 atom stereocenters. The predicted octanol–water partition coefficient (Wildman–Crippen LogP) is 3.08. The van der Waals surface area contributed by atoms with E-state index >= 15 is 0 Å². The summed E-state index contributed by atoms with van der Waals surface area (Å²) in [5.74, 6) is 1.00. The monoisotopic (exact) mass is 286 g/mol. The van der Waals surface area contributed by atoms with Gasteiger partial charge >= 0.3 is 5.91 Å². The summed E-state index contributed by atoms with van der Waals surface area (Å²) in [6.45, 7) is 4.80. The summed E-state index contributed by atoms with van der Waals surface area (Å²) in [7, 11) is 0. The third-order valence-electron chi connectivity index (χ3n) is 2.61. The maximum atomic E-state index is 11.6. The van der Waals surface area contributed by atoms with Gasteiger partial charge in [0.15, 0.2) is 5.76 Å². The smallest absolute Gasteiger partial charge is 0.307 e. The Hall–Kier alpha value is -2.56. The van der Waals surface area contributed by atoms with Crippen molar-refractivity contribution in [3.8, 4) is 5.75 Å². The van der Waals surface area contributed by atoms with E-state index in [9.17, 15) is 4.79 Å². The van der Waals surface area contributed by atoms with Crippen LogP contribution in [-0.4, -0.2) is 18.7 Å². The molecule has 21 heavy (non-hydrogen) atoms. The van der Waals surface area contributed by atoms with Gasteiger partial charge in [-0.05, 0) is 30.2 Å². The lowest BCUT2D eigenvalue weighted by molar-refractivity contribution is 0.0927. The third-order valence-corrected chi connectivity index (χ3v) is 2.61. The first-order valence-corrected chi connectivity index (χ1v) is 6.75. The molecule has 0 fully saturated rings. The van der Waals surface area contributed by atoms with Gasteiger partial charge in [0, 0.05) is 5.56 Å². The number of carbonyl (C=O) groups excluding carboxylic acids is 1. The molecule has 1 heterocycles. The van der Waals surface area contributed by atoms with Gasteiger partial charge in [-0.15, -0.1) is 0 Å². The second-order valence-corrected chi connectivity index (χ2v) is 4.92. The molecule has 110 valence electrons. The number of furan rings is 1. The van der Waals surface area contributed by atoms with Gasteiger partial charge in [0.25, 0.3) is 0 Å². The summed E-state index contributed by atoms with van der Waals surface area (Å²) in [5.41, 5.74) is 3.21. The van der Waals surface area contributed by atoms with Crippen LogP contribution in [0.3, 0.4) is 0 Å². The number of carbonyl (C=O) groups is 1. The van der Waals surface area contributed by atoms with E-state index in [0.29, 0.717) is 12.5 Å². The van der Waals surface area contributed by atoms with Crippen LogP contribution in [0.5, 0.6) is 5.75 Å². The molecule has 1 aromatic heterocycles. The Bertz CT molecular complexity index is 604. The zero-order valence-corrected chi connectivity index (χ0v) is 12.1. The largest absolute Gasteiger partial charge is 0.493 e. The van der Waals surface area contributed by atoms with Crippen molar-refractivity contribution in [2.75, 3.05) is 6.61 Å². The number of hydrogen-bond acceptors (Lipinski definition) is 4. The summed E-state index contributed by atoms with van der Waals surface area (Å²) in [6, 6.07) is 10.8. The van der Waals surface area contributed by atoms with Gasteiger partial charge in [-0.2, -0.15) is 5.10 Å². The van der Waals surface area contributed by atoms with Crippen molar-refractivity contribution < 1.29 is 13.9 Å². The molecule has 5 heteroatoms. The molecule has 0 unspecified atom stereocenters. The number of nitrogens with zero attached hydrogens (tertiary/aromatic N) is 1. The van der Waals surface area contributed by atoms with Crippen LogP contribution < -0.4 is 10.2 Å². The number of ether oxygens (including phenoxy) is 1. The number of amides is 1. The molecule has 5 nitrogen and oxygen atoms in total. The Kier molecular flexibility index (Phi) is 5.15. The van der Waals surface area contributed by atoms with Crippen LogP contribution in [0.2, 0.25) is 0 Å². The van der Waals surface area contributed by atoms with Gasteiger partial charge in [0.05, 0.1) is 19.1 Å². The Morgan fingerprint density at radius 2 is 2.14 bits per heavy atom. The average molecular weight is 286 g/mol. The second kappa shape index (κ2) is 7.28. The van der Waals surface area contributed by atoms with Crippen LogP contribution >= 0.6 is 0 Å². The highest BCUT2D eigenvalue weighted by atomic mass is 16.5. The molecule has 1 amide bonds. The van der Waals surface area contributed by atoms with Crippen LogP contribution in [0, 0.1) is 5.92 Å². The number of nitrogens with one attached hydrogen (secondary N) is 1. The van der Waals surface area contributed by atoms with E-state index in [1.165, 1.54) is 6.26 Å². The van der Waals surface area contributed by atoms with E-state index in [0.717, 1.165) is 11.3 Å². The van der Waals surface area contributed by atoms with Gasteiger partial charge in [0.2, 0.25) is 0 Å². The number of para-hydroxylation sites is 1. The third kappa shape index (κ3) is 4.49. The number of hydrazone groups is 1. The minimum atomic E-state index is -0.392. The molecule has 0 aliphatic rings. The Morgan fingerprint density at radius 1 is 1.33 bits per heavy atom. The van der Waals surface area contributed by atoms with Crippen molar-refractivity contribution >= 4 is 12.1 Å². The summed E-state index contributed by atoms with van der Waals surface area (Å²) in [6.07, 6.45) is 2.99. The molecule has 1 aromatic carbocycles. The van der Waals surface area contributed by atoms with Crippen molar-refractivity contribution in [3.05, 3.63) is 54.0 Å². The lowest BCUT2D eigenvalue weighted by atomic mass is 10.2. The number of hydrogen-bond donors (Lipinski definition) is 1. The number of rotatable bonds is 6. The zero-order valence-electron chi connectivity index (χ0n) is 12.1. The van der Waals surface area contributed by atoms with Crippen LogP contribution in [0.15, 0.2) is 52.2 Å². The SMILES string of the molecule is CC(C)COc1ccccc1/C=N/NC(=O)c1ccco1. The van der Waals surface area contributed by atoms with E-state index in [4.69, 9.17) is 9.15 Å². The van der Waals surface area contributed by atoms with E-state index in [2.05, 4.69) is 24.4 Å². The lowest BCUT2D eigenvalue weighted by Gasteiger charge is -2.10. The van der Waals surface area contributed by atoms with Crippen molar-refractivity contribution in [2.24, 2.45) is 11.0 Å². The lowest BCUT2D eigenvalue weighted by Crippen LogP contribution is -2.16. The molecule has 0 bridgehead atoms. The molecule has 2 rings (SSSR count). The van der Waals surface area contributed by atoms with E-state index in [1.807, 2.05) is 24.3 Å².